The lowest BCUT2D eigenvalue weighted by Gasteiger charge is -2.20. The molecule has 1 aromatic carbocycles. The van der Waals surface area contributed by atoms with Crippen LogP contribution >= 0.6 is 11.3 Å². The van der Waals surface area contributed by atoms with Crippen LogP contribution in [0.3, 0.4) is 0 Å². The van der Waals surface area contributed by atoms with E-state index in [4.69, 9.17) is 4.42 Å². The lowest BCUT2D eigenvalue weighted by molar-refractivity contribution is -0.114. The Balaban J connectivity index is 1.85. The predicted molar refractivity (Wildman–Crippen MR) is 96.9 cm³/mol. The molecule has 0 saturated carbocycles. The number of anilines is 1. The van der Waals surface area contributed by atoms with Gasteiger partial charge in [0, 0.05) is 17.1 Å². The molecule has 0 aliphatic rings. The summed E-state index contributed by atoms with van der Waals surface area (Å²) in [7, 11) is 0. The second kappa shape index (κ2) is 7.44. The van der Waals surface area contributed by atoms with E-state index in [9.17, 15) is 9.18 Å². The van der Waals surface area contributed by atoms with Gasteiger partial charge in [-0.05, 0) is 56.3 Å². The molecular weight excluding hydrogens is 339 g/mol. The normalized spacial score (nSPS) is 11.2. The number of thiazole rings is 1. The van der Waals surface area contributed by atoms with E-state index in [0.29, 0.717) is 18.0 Å². The Hall–Kier alpha value is -2.73. The quantitative estimate of drug-likeness (QED) is 0.621. The van der Waals surface area contributed by atoms with Gasteiger partial charge >= 0.3 is 0 Å². The molecule has 3 aromatic rings. The van der Waals surface area contributed by atoms with Gasteiger partial charge < -0.3 is 9.32 Å². The number of hydrogen-bond acceptors (Lipinski definition) is 4. The molecule has 0 bridgehead atoms. The summed E-state index contributed by atoms with van der Waals surface area (Å²) in [5.41, 5.74) is 1.40. The largest absolute Gasteiger partial charge is 0.462 e. The number of halogens is 1. The minimum atomic E-state index is -0.345. The average molecular weight is 356 g/mol. The third-order valence-corrected chi connectivity index (χ3v) is 4.36. The van der Waals surface area contributed by atoms with E-state index in [2.05, 4.69) is 4.98 Å². The number of carbonyl (C=O) groups is 1. The van der Waals surface area contributed by atoms with Gasteiger partial charge in [0.15, 0.2) is 0 Å². The van der Waals surface area contributed by atoms with Crippen LogP contribution in [0.1, 0.15) is 22.2 Å². The Morgan fingerprint density at radius 2 is 2.00 bits per heavy atom. The number of hydrogen-bond donors (Lipinski definition) is 0. The van der Waals surface area contributed by atoms with Crippen molar-refractivity contribution in [1.29, 1.82) is 0 Å². The number of aromatic nitrogens is 1. The second-order valence-corrected chi connectivity index (χ2v) is 6.60. The number of furan rings is 1. The lowest BCUT2D eigenvalue weighted by atomic mass is 10.2. The molecule has 0 aliphatic carbocycles. The van der Waals surface area contributed by atoms with Gasteiger partial charge in [-0.15, -0.1) is 11.3 Å². The van der Waals surface area contributed by atoms with Crippen LogP contribution in [0.25, 0.3) is 6.08 Å². The molecule has 3 rings (SSSR count). The van der Waals surface area contributed by atoms with Crippen LogP contribution in [0.2, 0.25) is 0 Å². The van der Waals surface area contributed by atoms with Crippen LogP contribution < -0.4 is 4.90 Å². The van der Waals surface area contributed by atoms with E-state index < -0.39 is 0 Å². The van der Waals surface area contributed by atoms with Gasteiger partial charge in [0.1, 0.15) is 17.3 Å². The smallest absolute Gasteiger partial charge is 0.251 e. The van der Waals surface area contributed by atoms with Crippen molar-refractivity contribution in [1.82, 2.24) is 4.98 Å². The van der Waals surface area contributed by atoms with Gasteiger partial charge in [0.05, 0.1) is 17.2 Å². The van der Waals surface area contributed by atoms with Crippen LogP contribution in [-0.4, -0.2) is 10.9 Å². The van der Waals surface area contributed by atoms with Crippen LogP contribution in [0.15, 0.2) is 52.3 Å². The molecule has 1 amide bonds. The molecule has 4 nitrogen and oxygen atoms in total. The maximum atomic E-state index is 13.2. The van der Waals surface area contributed by atoms with E-state index in [1.165, 1.54) is 29.5 Å². The highest BCUT2D eigenvalue weighted by Crippen LogP contribution is 2.20. The second-order valence-electron chi connectivity index (χ2n) is 5.54. The molecule has 0 saturated heterocycles. The minimum absolute atomic E-state index is 0.230. The third-order valence-electron chi connectivity index (χ3n) is 3.54. The molecule has 2 heterocycles. The highest BCUT2D eigenvalue weighted by Gasteiger charge is 2.16. The van der Waals surface area contributed by atoms with Crippen molar-refractivity contribution in [2.75, 3.05) is 4.90 Å². The number of benzene rings is 1. The summed E-state index contributed by atoms with van der Waals surface area (Å²) in [6, 6.07) is 9.46. The van der Waals surface area contributed by atoms with Gasteiger partial charge in [0.25, 0.3) is 5.91 Å². The standard InChI is InChI=1S/C19H17FN2O2S/c1-13-3-8-18(24-13)9-10-19(23)22(11-16-12-25-14(2)21-16)17-6-4-15(20)5-7-17/h3-10,12H,11H2,1-2H3/b10-9+. The molecule has 0 fully saturated rings. The first-order valence-electron chi connectivity index (χ1n) is 7.74. The van der Waals surface area contributed by atoms with Crippen molar-refractivity contribution in [3.8, 4) is 0 Å². The molecule has 2 aromatic heterocycles. The molecule has 6 heteroatoms. The molecular formula is C19H17FN2O2S. The summed E-state index contributed by atoms with van der Waals surface area (Å²) in [4.78, 5) is 18.7. The van der Waals surface area contributed by atoms with Crippen molar-refractivity contribution in [3.05, 3.63) is 75.9 Å². The fraction of sp³-hybridized carbons (Fsp3) is 0.158. The summed E-state index contributed by atoms with van der Waals surface area (Å²) in [6.45, 7) is 4.07. The van der Waals surface area contributed by atoms with Gasteiger partial charge in [-0.2, -0.15) is 0 Å². The van der Waals surface area contributed by atoms with Crippen molar-refractivity contribution in [3.63, 3.8) is 0 Å². The Kier molecular flexibility index (Phi) is 5.09. The molecule has 128 valence electrons. The Bertz CT molecular complexity index is 896. The van der Waals surface area contributed by atoms with E-state index in [0.717, 1.165) is 16.5 Å². The molecule has 0 radical (unpaired) electrons. The summed E-state index contributed by atoms with van der Waals surface area (Å²) in [5.74, 6) is 0.809. The molecule has 0 atom stereocenters. The first-order chi connectivity index (χ1) is 12.0. The van der Waals surface area contributed by atoms with Crippen molar-refractivity contribution < 1.29 is 13.6 Å². The monoisotopic (exact) mass is 356 g/mol. The molecule has 0 N–H and O–H groups in total. The SMILES string of the molecule is Cc1ccc(/C=C/C(=O)N(Cc2csc(C)n2)c2ccc(F)cc2)o1. The van der Waals surface area contributed by atoms with Crippen LogP contribution in [0.4, 0.5) is 10.1 Å². The topological polar surface area (TPSA) is 46.3 Å². The van der Waals surface area contributed by atoms with Gasteiger partial charge in [-0.25, -0.2) is 9.37 Å². The van der Waals surface area contributed by atoms with Crippen LogP contribution in [0, 0.1) is 19.7 Å². The molecule has 0 spiro atoms. The van der Waals surface area contributed by atoms with Crippen molar-refractivity contribution in [2.45, 2.75) is 20.4 Å². The third kappa shape index (κ3) is 4.42. The zero-order valence-corrected chi connectivity index (χ0v) is 14.7. The number of amides is 1. The molecule has 0 aliphatic heterocycles. The van der Waals surface area contributed by atoms with Gasteiger partial charge in [-0.1, -0.05) is 0 Å². The maximum Gasteiger partial charge on any atom is 0.251 e. The Morgan fingerprint density at radius 1 is 1.24 bits per heavy atom. The lowest BCUT2D eigenvalue weighted by Crippen LogP contribution is -2.28. The van der Waals surface area contributed by atoms with Crippen LogP contribution in [0.5, 0.6) is 0 Å². The highest BCUT2D eigenvalue weighted by atomic mass is 32.1. The zero-order chi connectivity index (χ0) is 17.8. The van der Waals surface area contributed by atoms with Gasteiger partial charge in [-0.3, -0.25) is 4.79 Å². The van der Waals surface area contributed by atoms with E-state index >= 15 is 0 Å². The number of rotatable bonds is 5. The van der Waals surface area contributed by atoms with E-state index in [-0.39, 0.29) is 11.7 Å². The fourth-order valence-corrected chi connectivity index (χ4v) is 2.95. The summed E-state index contributed by atoms with van der Waals surface area (Å²) in [6.07, 6.45) is 3.07. The fourth-order valence-electron chi connectivity index (χ4n) is 2.35. The summed E-state index contributed by atoms with van der Waals surface area (Å²) in [5, 5.41) is 2.85. The Morgan fingerprint density at radius 3 is 2.60 bits per heavy atom. The number of aryl methyl sites for hydroxylation is 2. The molecule has 25 heavy (non-hydrogen) atoms. The predicted octanol–water partition coefficient (Wildman–Crippen LogP) is 4.74. The minimum Gasteiger partial charge on any atom is -0.462 e. The van der Waals surface area contributed by atoms with E-state index in [1.807, 2.05) is 25.3 Å². The summed E-state index contributed by atoms with van der Waals surface area (Å²) < 4.78 is 18.7. The maximum absolute atomic E-state index is 13.2. The Labute approximate surface area is 149 Å². The first-order valence-corrected chi connectivity index (χ1v) is 8.62. The van der Waals surface area contributed by atoms with Crippen molar-refractivity contribution in [2.24, 2.45) is 0 Å². The number of carbonyl (C=O) groups excluding carboxylic acids is 1. The first kappa shape index (κ1) is 17.1. The summed E-state index contributed by atoms with van der Waals surface area (Å²) >= 11 is 1.53. The zero-order valence-electron chi connectivity index (χ0n) is 13.9. The molecule has 0 unspecified atom stereocenters. The van der Waals surface area contributed by atoms with Gasteiger partial charge in [0.2, 0.25) is 0 Å². The van der Waals surface area contributed by atoms with E-state index in [1.54, 1.807) is 29.2 Å². The average Bonchev–Trinajstić information content (AvgIpc) is 3.19. The van der Waals surface area contributed by atoms with Crippen LogP contribution in [-0.2, 0) is 11.3 Å². The number of nitrogens with zero attached hydrogens (tertiary/aromatic N) is 2. The highest BCUT2D eigenvalue weighted by molar-refractivity contribution is 7.09. The van der Waals surface area contributed by atoms with Crippen molar-refractivity contribution >= 4 is 29.0 Å².